The van der Waals surface area contributed by atoms with Crippen LogP contribution in [0.5, 0.6) is 5.75 Å². The van der Waals surface area contributed by atoms with Gasteiger partial charge < -0.3 is 14.5 Å². The predicted octanol–water partition coefficient (Wildman–Crippen LogP) is 4.95. The third kappa shape index (κ3) is 4.84. The number of hydrogen-bond acceptors (Lipinski definition) is 5. The highest BCUT2D eigenvalue weighted by Gasteiger charge is 2.12. The van der Waals surface area contributed by atoms with Crippen molar-refractivity contribution in [2.75, 3.05) is 13.2 Å². The molecule has 3 rings (SSSR count). The fraction of sp³-hybridized carbons (Fsp3) is 0.227. The van der Waals surface area contributed by atoms with E-state index in [0.717, 1.165) is 26.6 Å². The molecule has 0 saturated carbocycles. The van der Waals surface area contributed by atoms with Crippen LogP contribution in [0.4, 0.5) is 0 Å². The number of rotatable bonds is 6. The Labute approximate surface area is 177 Å². The third-order valence-electron chi connectivity index (χ3n) is 4.40. The highest BCUT2D eigenvalue weighted by molar-refractivity contribution is 9.10. The van der Waals surface area contributed by atoms with E-state index >= 15 is 0 Å². The monoisotopic (exact) mass is 453 g/mol. The van der Waals surface area contributed by atoms with Crippen LogP contribution in [0.25, 0.3) is 22.7 Å². The quantitative estimate of drug-likeness (QED) is 0.421. The van der Waals surface area contributed by atoms with Crippen LogP contribution in [0.15, 0.2) is 34.8 Å². The van der Waals surface area contributed by atoms with Gasteiger partial charge in [-0.25, -0.2) is 9.78 Å². The lowest BCUT2D eigenvalue weighted by Crippen LogP contribution is -2.14. The fourth-order valence-electron chi connectivity index (χ4n) is 2.81. The summed E-state index contributed by atoms with van der Waals surface area (Å²) in [5, 5.41) is 9.72. The molecule has 1 heterocycles. The van der Waals surface area contributed by atoms with E-state index in [1.807, 2.05) is 32.0 Å². The van der Waals surface area contributed by atoms with Gasteiger partial charge in [0.1, 0.15) is 17.6 Å². The van der Waals surface area contributed by atoms with Gasteiger partial charge in [-0.2, -0.15) is 5.26 Å². The molecule has 1 N–H and O–H groups in total. The Bertz CT molecular complexity index is 1100. The summed E-state index contributed by atoms with van der Waals surface area (Å²) in [6.45, 7) is 5.88. The first kappa shape index (κ1) is 20.6. The molecule has 0 unspecified atom stereocenters. The molecule has 3 aromatic rings. The summed E-state index contributed by atoms with van der Waals surface area (Å²) >= 11 is 3.43. The number of fused-ring (bicyclic) bond motifs is 1. The first-order valence-electron chi connectivity index (χ1n) is 9.08. The van der Waals surface area contributed by atoms with Crippen LogP contribution >= 0.6 is 15.9 Å². The SMILES string of the molecule is CCOC(=O)COc1ccc(Br)cc1/C=C(\C#N)c1nc2cc(C)c(C)cc2[nH]1. The van der Waals surface area contributed by atoms with Gasteiger partial charge in [-0.3, -0.25) is 0 Å². The first-order valence-corrected chi connectivity index (χ1v) is 9.87. The maximum absolute atomic E-state index is 11.6. The molecule has 0 aliphatic rings. The number of aryl methyl sites for hydroxylation is 2. The smallest absolute Gasteiger partial charge is 0.344 e. The maximum atomic E-state index is 11.6. The van der Waals surface area contributed by atoms with Gasteiger partial charge in [0, 0.05) is 10.0 Å². The standard InChI is InChI=1S/C22H20BrN3O3/c1-4-28-21(27)12-29-20-6-5-17(23)10-15(20)9-16(11-24)22-25-18-7-13(2)14(3)8-19(18)26-22/h5-10H,4,12H2,1-3H3,(H,25,26)/b16-9+. The number of carbonyl (C=O) groups excluding carboxylic acids is 1. The minimum atomic E-state index is -0.450. The second kappa shape index (κ2) is 8.93. The van der Waals surface area contributed by atoms with Gasteiger partial charge in [-0.15, -0.1) is 0 Å². The van der Waals surface area contributed by atoms with Gasteiger partial charge in [-0.1, -0.05) is 15.9 Å². The van der Waals surface area contributed by atoms with Gasteiger partial charge in [0.2, 0.25) is 0 Å². The lowest BCUT2D eigenvalue weighted by Gasteiger charge is -2.09. The third-order valence-corrected chi connectivity index (χ3v) is 4.89. The zero-order chi connectivity index (χ0) is 21.0. The zero-order valence-corrected chi connectivity index (χ0v) is 18.0. The molecule has 0 aliphatic carbocycles. The van der Waals surface area contributed by atoms with E-state index in [9.17, 15) is 10.1 Å². The van der Waals surface area contributed by atoms with Crippen LogP contribution in [0, 0.1) is 25.2 Å². The van der Waals surface area contributed by atoms with Crippen LogP contribution in [-0.4, -0.2) is 29.2 Å². The van der Waals surface area contributed by atoms with Crippen molar-refractivity contribution in [3.05, 3.63) is 57.3 Å². The van der Waals surface area contributed by atoms with E-state index < -0.39 is 5.97 Å². The minimum Gasteiger partial charge on any atom is -0.481 e. The average Bonchev–Trinajstić information content (AvgIpc) is 3.08. The van der Waals surface area contributed by atoms with Crippen molar-refractivity contribution in [2.45, 2.75) is 20.8 Å². The van der Waals surface area contributed by atoms with E-state index in [1.54, 1.807) is 25.1 Å². The maximum Gasteiger partial charge on any atom is 0.344 e. The second-order valence-electron chi connectivity index (χ2n) is 6.48. The molecule has 1 aromatic heterocycles. The Morgan fingerprint density at radius 2 is 2.03 bits per heavy atom. The van der Waals surface area contributed by atoms with Crippen molar-refractivity contribution >= 4 is 44.6 Å². The van der Waals surface area contributed by atoms with Gasteiger partial charge >= 0.3 is 5.97 Å². The molecule has 0 bridgehead atoms. The number of halogens is 1. The van der Waals surface area contributed by atoms with Crippen molar-refractivity contribution in [1.82, 2.24) is 9.97 Å². The van der Waals surface area contributed by atoms with Gasteiger partial charge in [-0.05, 0) is 68.3 Å². The number of carbonyl (C=O) groups is 1. The van der Waals surface area contributed by atoms with Gasteiger partial charge in [0.15, 0.2) is 6.61 Å². The predicted molar refractivity (Wildman–Crippen MR) is 115 cm³/mol. The highest BCUT2D eigenvalue weighted by Crippen LogP contribution is 2.28. The summed E-state index contributed by atoms with van der Waals surface area (Å²) in [7, 11) is 0. The molecule has 0 saturated heterocycles. The van der Waals surface area contributed by atoms with E-state index in [4.69, 9.17) is 9.47 Å². The van der Waals surface area contributed by atoms with Crippen LogP contribution < -0.4 is 4.74 Å². The number of H-pyrrole nitrogens is 1. The number of aromatic nitrogens is 2. The number of imidazole rings is 1. The lowest BCUT2D eigenvalue weighted by molar-refractivity contribution is -0.145. The van der Waals surface area contributed by atoms with E-state index in [-0.39, 0.29) is 6.61 Å². The Hall–Kier alpha value is -3.11. The molecule has 0 spiro atoms. The molecular weight excluding hydrogens is 434 g/mol. The normalized spacial score (nSPS) is 11.3. The van der Waals surface area contributed by atoms with Crippen molar-refractivity contribution in [2.24, 2.45) is 0 Å². The molecule has 0 amide bonds. The van der Waals surface area contributed by atoms with E-state index in [0.29, 0.717) is 29.3 Å². The minimum absolute atomic E-state index is 0.207. The van der Waals surface area contributed by atoms with Crippen molar-refractivity contribution in [1.29, 1.82) is 5.26 Å². The number of aromatic amines is 1. The molecule has 148 valence electrons. The van der Waals surface area contributed by atoms with Crippen molar-refractivity contribution in [3.8, 4) is 11.8 Å². The first-order chi connectivity index (χ1) is 13.9. The average molecular weight is 454 g/mol. The van der Waals surface area contributed by atoms with E-state index in [1.165, 1.54) is 0 Å². The summed E-state index contributed by atoms with van der Waals surface area (Å²) < 4.78 is 11.3. The molecule has 6 nitrogen and oxygen atoms in total. The Balaban J connectivity index is 1.97. The molecule has 0 atom stereocenters. The Morgan fingerprint density at radius 1 is 1.28 bits per heavy atom. The number of esters is 1. The summed E-state index contributed by atoms with van der Waals surface area (Å²) in [6, 6.07) is 11.6. The summed E-state index contributed by atoms with van der Waals surface area (Å²) in [5.74, 6) is 0.495. The van der Waals surface area contributed by atoms with Crippen LogP contribution in [-0.2, 0) is 9.53 Å². The van der Waals surface area contributed by atoms with Crippen LogP contribution in [0.3, 0.4) is 0 Å². The van der Waals surface area contributed by atoms with Crippen LogP contribution in [0.1, 0.15) is 29.4 Å². The van der Waals surface area contributed by atoms with E-state index in [2.05, 4.69) is 32.0 Å². The second-order valence-corrected chi connectivity index (χ2v) is 7.40. The highest BCUT2D eigenvalue weighted by atomic mass is 79.9. The van der Waals surface area contributed by atoms with Crippen LogP contribution in [0.2, 0.25) is 0 Å². The number of ether oxygens (including phenoxy) is 2. The fourth-order valence-corrected chi connectivity index (χ4v) is 3.19. The van der Waals surface area contributed by atoms with Crippen molar-refractivity contribution < 1.29 is 14.3 Å². The number of hydrogen-bond donors (Lipinski definition) is 1. The molecule has 2 aromatic carbocycles. The Kier molecular flexibility index (Phi) is 6.35. The number of nitriles is 1. The molecule has 29 heavy (non-hydrogen) atoms. The largest absolute Gasteiger partial charge is 0.481 e. The number of allylic oxidation sites excluding steroid dienone is 1. The van der Waals surface area contributed by atoms with Crippen molar-refractivity contribution in [3.63, 3.8) is 0 Å². The summed E-state index contributed by atoms with van der Waals surface area (Å²) in [5.41, 5.74) is 4.97. The molecular formula is C22H20BrN3O3. The summed E-state index contributed by atoms with van der Waals surface area (Å²) in [4.78, 5) is 19.4. The molecule has 7 heteroatoms. The Morgan fingerprint density at radius 3 is 2.76 bits per heavy atom. The molecule has 0 radical (unpaired) electrons. The number of benzene rings is 2. The molecule has 0 aliphatic heterocycles. The molecule has 0 fully saturated rings. The number of nitrogens with zero attached hydrogens (tertiary/aromatic N) is 2. The summed E-state index contributed by atoms with van der Waals surface area (Å²) in [6.07, 6.45) is 1.68. The lowest BCUT2D eigenvalue weighted by atomic mass is 10.1. The van der Waals surface area contributed by atoms with Gasteiger partial charge in [0.05, 0.1) is 23.2 Å². The number of nitrogens with one attached hydrogen (secondary N) is 1. The zero-order valence-electron chi connectivity index (χ0n) is 16.4. The van der Waals surface area contributed by atoms with Gasteiger partial charge in [0.25, 0.3) is 0 Å². The topological polar surface area (TPSA) is 88.0 Å².